The van der Waals surface area contributed by atoms with Gasteiger partial charge in [-0.2, -0.15) is 0 Å². The van der Waals surface area contributed by atoms with Crippen LogP contribution in [0.15, 0.2) is 54.6 Å². The minimum Gasteiger partial charge on any atom is -0.380 e. The Morgan fingerprint density at radius 1 is 1.20 bits per heavy atom. The molecule has 1 amide bonds. The van der Waals surface area contributed by atoms with Crippen LogP contribution in [0, 0.1) is 0 Å². The van der Waals surface area contributed by atoms with E-state index in [1.54, 1.807) is 7.11 Å². The summed E-state index contributed by atoms with van der Waals surface area (Å²) in [5.74, 6) is -0.414. The first-order valence-corrected chi connectivity index (χ1v) is 6.39. The fourth-order valence-electron chi connectivity index (χ4n) is 2.05. The minimum atomic E-state index is -0.561. The normalized spacial score (nSPS) is 11.8. The summed E-state index contributed by atoms with van der Waals surface area (Å²) in [7, 11) is 1.64. The van der Waals surface area contributed by atoms with E-state index in [2.05, 4.69) is 5.32 Å². The van der Waals surface area contributed by atoms with Gasteiger partial charge in [-0.1, -0.05) is 42.5 Å². The maximum absolute atomic E-state index is 11.7. The summed E-state index contributed by atoms with van der Waals surface area (Å²) in [6.45, 7) is 0.505. The second kappa shape index (κ2) is 6.73. The first-order chi connectivity index (χ1) is 9.70. The van der Waals surface area contributed by atoms with Gasteiger partial charge in [-0.3, -0.25) is 4.79 Å². The van der Waals surface area contributed by atoms with Crippen LogP contribution in [0.2, 0.25) is 0 Å². The molecule has 0 bridgehead atoms. The van der Waals surface area contributed by atoms with Crippen LogP contribution in [0.25, 0.3) is 0 Å². The third kappa shape index (κ3) is 3.59. The van der Waals surface area contributed by atoms with Crippen LogP contribution < -0.4 is 11.1 Å². The lowest BCUT2D eigenvalue weighted by atomic mass is 10.0. The van der Waals surface area contributed by atoms with Gasteiger partial charge in [-0.25, -0.2) is 0 Å². The average Bonchev–Trinajstić information content (AvgIpc) is 2.46. The van der Waals surface area contributed by atoms with Crippen molar-refractivity contribution in [2.45, 2.75) is 12.6 Å². The Hall–Kier alpha value is -2.33. The van der Waals surface area contributed by atoms with Gasteiger partial charge in [0.25, 0.3) is 0 Å². The number of hydrogen-bond acceptors (Lipinski definition) is 3. The highest BCUT2D eigenvalue weighted by Crippen LogP contribution is 2.20. The van der Waals surface area contributed by atoms with E-state index in [1.165, 1.54) is 0 Å². The van der Waals surface area contributed by atoms with E-state index in [0.717, 1.165) is 16.8 Å². The van der Waals surface area contributed by atoms with Crippen LogP contribution in [0.4, 0.5) is 5.69 Å². The van der Waals surface area contributed by atoms with E-state index in [4.69, 9.17) is 10.5 Å². The molecular formula is C16H18N2O2. The number of nitrogens with two attached hydrogens (primary N) is 1. The molecule has 0 saturated heterocycles. The highest BCUT2D eigenvalue weighted by molar-refractivity contribution is 5.84. The van der Waals surface area contributed by atoms with Gasteiger partial charge in [-0.05, 0) is 23.3 Å². The number of carbonyl (C=O) groups excluding carboxylic acids is 1. The zero-order valence-corrected chi connectivity index (χ0v) is 11.4. The van der Waals surface area contributed by atoms with Crippen molar-refractivity contribution in [2.24, 2.45) is 5.73 Å². The van der Waals surface area contributed by atoms with Gasteiger partial charge < -0.3 is 15.8 Å². The molecule has 0 aromatic heterocycles. The van der Waals surface area contributed by atoms with Gasteiger partial charge in [-0.15, -0.1) is 0 Å². The zero-order chi connectivity index (χ0) is 14.4. The molecule has 0 spiro atoms. The summed E-state index contributed by atoms with van der Waals surface area (Å²) < 4.78 is 5.10. The van der Waals surface area contributed by atoms with Crippen molar-refractivity contribution in [3.8, 4) is 0 Å². The van der Waals surface area contributed by atoms with Gasteiger partial charge in [0.2, 0.25) is 5.91 Å². The largest absolute Gasteiger partial charge is 0.380 e. The zero-order valence-electron chi connectivity index (χ0n) is 11.4. The summed E-state index contributed by atoms with van der Waals surface area (Å²) in [6, 6.07) is 16.6. The third-order valence-corrected chi connectivity index (χ3v) is 2.96. The monoisotopic (exact) mass is 270 g/mol. The number of methoxy groups -OCH3 is 1. The first-order valence-electron chi connectivity index (χ1n) is 6.39. The van der Waals surface area contributed by atoms with E-state index in [-0.39, 0.29) is 0 Å². The predicted octanol–water partition coefficient (Wildman–Crippen LogP) is 2.47. The number of primary amides is 1. The Labute approximate surface area is 118 Å². The van der Waals surface area contributed by atoms with Crippen LogP contribution in [-0.2, 0) is 16.1 Å². The molecule has 0 fully saturated rings. The van der Waals surface area contributed by atoms with Crippen molar-refractivity contribution in [3.05, 3.63) is 65.7 Å². The van der Waals surface area contributed by atoms with Gasteiger partial charge in [0, 0.05) is 12.8 Å². The Balaban J connectivity index is 2.24. The first kappa shape index (κ1) is 14.1. The average molecular weight is 270 g/mol. The van der Waals surface area contributed by atoms with Crippen LogP contribution in [-0.4, -0.2) is 13.0 Å². The molecule has 2 aromatic carbocycles. The SMILES string of the molecule is COCc1cccc(C(Nc2ccccc2)C(N)=O)c1. The molecule has 4 nitrogen and oxygen atoms in total. The molecule has 20 heavy (non-hydrogen) atoms. The van der Waals surface area contributed by atoms with Crippen molar-refractivity contribution in [2.75, 3.05) is 12.4 Å². The minimum absolute atomic E-state index is 0.414. The van der Waals surface area contributed by atoms with E-state index in [0.29, 0.717) is 6.61 Å². The number of para-hydroxylation sites is 1. The Morgan fingerprint density at radius 2 is 1.95 bits per heavy atom. The molecule has 104 valence electrons. The molecule has 0 aliphatic rings. The van der Waals surface area contributed by atoms with Crippen molar-refractivity contribution in [1.82, 2.24) is 0 Å². The lowest BCUT2D eigenvalue weighted by Gasteiger charge is -2.18. The quantitative estimate of drug-likeness (QED) is 0.847. The Kier molecular flexibility index (Phi) is 4.74. The molecule has 4 heteroatoms. The number of anilines is 1. The summed E-state index contributed by atoms with van der Waals surface area (Å²) in [6.07, 6.45) is 0. The van der Waals surface area contributed by atoms with E-state index >= 15 is 0 Å². The third-order valence-electron chi connectivity index (χ3n) is 2.96. The van der Waals surface area contributed by atoms with E-state index in [9.17, 15) is 4.79 Å². The van der Waals surface area contributed by atoms with Crippen LogP contribution in [0.5, 0.6) is 0 Å². The Bertz CT molecular complexity index is 570. The van der Waals surface area contributed by atoms with E-state index in [1.807, 2.05) is 54.6 Å². The molecule has 3 N–H and O–H groups in total. The predicted molar refractivity (Wildman–Crippen MR) is 79.2 cm³/mol. The lowest BCUT2D eigenvalue weighted by Crippen LogP contribution is -2.27. The molecular weight excluding hydrogens is 252 g/mol. The van der Waals surface area contributed by atoms with Crippen molar-refractivity contribution >= 4 is 11.6 Å². The second-order valence-corrected chi connectivity index (χ2v) is 4.52. The molecule has 0 saturated carbocycles. The van der Waals surface area contributed by atoms with Crippen LogP contribution in [0.3, 0.4) is 0 Å². The lowest BCUT2D eigenvalue weighted by molar-refractivity contribution is -0.118. The van der Waals surface area contributed by atoms with Gasteiger partial charge in [0.05, 0.1) is 6.61 Å². The summed E-state index contributed by atoms with van der Waals surface area (Å²) in [5.41, 5.74) is 8.20. The smallest absolute Gasteiger partial charge is 0.244 e. The number of rotatable bonds is 6. The van der Waals surface area contributed by atoms with Gasteiger partial charge >= 0.3 is 0 Å². The number of hydrogen-bond donors (Lipinski definition) is 2. The molecule has 0 aliphatic heterocycles. The van der Waals surface area contributed by atoms with Crippen molar-refractivity contribution < 1.29 is 9.53 Å². The molecule has 0 heterocycles. The second-order valence-electron chi connectivity index (χ2n) is 4.52. The number of benzene rings is 2. The molecule has 0 aliphatic carbocycles. The fourth-order valence-corrected chi connectivity index (χ4v) is 2.05. The fraction of sp³-hybridized carbons (Fsp3) is 0.188. The summed E-state index contributed by atoms with van der Waals surface area (Å²) >= 11 is 0. The molecule has 0 radical (unpaired) electrons. The molecule has 1 unspecified atom stereocenters. The number of nitrogens with one attached hydrogen (secondary N) is 1. The standard InChI is InChI=1S/C16H18N2O2/c1-20-11-12-6-5-7-13(10-12)15(16(17)19)18-14-8-3-2-4-9-14/h2-10,15,18H,11H2,1H3,(H2,17,19). The molecule has 1 atom stereocenters. The van der Waals surface area contributed by atoms with Crippen LogP contribution >= 0.6 is 0 Å². The van der Waals surface area contributed by atoms with Gasteiger partial charge in [0.1, 0.15) is 6.04 Å². The highest BCUT2D eigenvalue weighted by Gasteiger charge is 2.17. The topological polar surface area (TPSA) is 64.3 Å². The molecule has 2 aromatic rings. The van der Waals surface area contributed by atoms with Crippen molar-refractivity contribution in [3.63, 3.8) is 0 Å². The van der Waals surface area contributed by atoms with Crippen LogP contribution in [0.1, 0.15) is 17.2 Å². The van der Waals surface area contributed by atoms with Gasteiger partial charge in [0.15, 0.2) is 0 Å². The maximum atomic E-state index is 11.7. The molecule has 2 rings (SSSR count). The summed E-state index contributed by atoms with van der Waals surface area (Å²) in [5, 5.41) is 3.15. The Morgan fingerprint density at radius 3 is 2.60 bits per heavy atom. The highest BCUT2D eigenvalue weighted by atomic mass is 16.5. The number of ether oxygens (including phenoxy) is 1. The summed E-state index contributed by atoms with van der Waals surface area (Å²) in [4.78, 5) is 11.7. The van der Waals surface area contributed by atoms with E-state index < -0.39 is 11.9 Å². The maximum Gasteiger partial charge on any atom is 0.244 e. The number of carbonyl (C=O) groups is 1. The van der Waals surface area contributed by atoms with Crippen molar-refractivity contribution in [1.29, 1.82) is 0 Å². The number of amides is 1.